The molecule has 0 bridgehead atoms. The molecule has 5 heteroatoms. The van der Waals surface area contributed by atoms with Crippen molar-refractivity contribution in [2.75, 3.05) is 44.3 Å². The lowest BCUT2D eigenvalue weighted by atomic mass is 10.3. The molecule has 1 aliphatic heterocycles. The van der Waals surface area contributed by atoms with Gasteiger partial charge in [0.1, 0.15) is 18.1 Å². The molecule has 0 aromatic carbocycles. The van der Waals surface area contributed by atoms with E-state index in [1.807, 2.05) is 28.8 Å². The van der Waals surface area contributed by atoms with Crippen molar-refractivity contribution in [1.82, 2.24) is 14.3 Å². The molecule has 2 aromatic rings. The molecule has 0 saturated carbocycles. The number of nitrogens with zero attached hydrogens (tertiary/aromatic N) is 4. The van der Waals surface area contributed by atoms with E-state index in [9.17, 15) is 4.39 Å². The summed E-state index contributed by atoms with van der Waals surface area (Å²) in [6.45, 7) is 3.97. The molecule has 4 nitrogen and oxygen atoms in total. The molecule has 0 atom stereocenters. The number of pyridine rings is 1. The summed E-state index contributed by atoms with van der Waals surface area (Å²) in [5.74, 6) is 1.01. The molecule has 0 unspecified atom stereocenters. The Morgan fingerprint density at radius 2 is 2.00 bits per heavy atom. The second kappa shape index (κ2) is 4.94. The van der Waals surface area contributed by atoms with E-state index in [1.54, 1.807) is 0 Å². The molecular weight excluding hydrogens is 231 g/mol. The van der Waals surface area contributed by atoms with Crippen LogP contribution in [0.1, 0.15) is 0 Å². The van der Waals surface area contributed by atoms with Crippen LogP contribution < -0.4 is 4.90 Å². The van der Waals surface area contributed by atoms with Gasteiger partial charge < -0.3 is 9.30 Å². The predicted molar refractivity (Wildman–Crippen MR) is 69.8 cm³/mol. The average Bonchev–Trinajstić information content (AvgIpc) is 2.84. The maximum atomic E-state index is 12.3. The SMILES string of the molecule is FCCN1CCN(c2cn3ccccc3n2)CC1. The topological polar surface area (TPSA) is 23.8 Å². The maximum absolute atomic E-state index is 12.3. The fourth-order valence-electron chi connectivity index (χ4n) is 2.39. The number of fused-ring (bicyclic) bond motifs is 1. The first-order valence-corrected chi connectivity index (χ1v) is 6.34. The maximum Gasteiger partial charge on any atom is 0.147 e. The van der Waals surface area contributed by atoms with Crippen molar-refractivity contribution in [2.45, 2.75) is 0 Å². The molecule has 2 aromatic heterocycles. The molecule has 0 aliphatic carbocycles. The van der Waals surface area contributed by atoms with E-state index in [2.05, 4.69) is 21.0 Å². The van der Waals surface area contributed by atoms with Crippen LogP contribution in [0.25, 0.3) is 5.65 Å². The van der Waals surface area contributed by atoms with Crippen molar-refractivity contribution < 1.29 is 4.39 Å². The highest BCUT2D eigenvalue weighted by Gasteiger charge is 2.18. The van der Waals surface area contributed by atoms with E-state index in [-0.39, 0.29) is 6.67 Å². The van der Waals surface area contributed by atoms with Crippen molar-refractivity contribution >= 4 is 11.5 Å². The minimum atomic E-state index is -0.256. The Morgan fingerprint density at radius 3 is 2.72 bits per heavy atom. The summed E-state index contributed by atoms with van der Waals surface area (Å²) in [5, 5.41) is 0. The second-order valence-electron chi connectivity index (χ2n) is 4.58. The first kappa shape index (κ1) is 11.5. The van der Waals surface area contributed by atoms with Gasteiger partial charge in [0.05, 0.1) is 6.20 Å². The van der Waals surface area contributed by atoms with Gasteiger partial charge in [-0.3, -0.25) is 4.90 Å². The average molecular weight is 248 g/mol. The third-order valence-electron chi connectivity index (χ3n) is 3.45. The molecule has 96 valence electrons. The van der Waals surface area contributed by atoms with Gasteiger partial charge in [0, 0.05) is 38.9 Å². The van der Waals surface area contributed by atoms with Crippen molar-refractivity contribution in [3.05, 3.63) is 30.6 Å². The number of rotatable bonds is 3. The first-order chi connectivity index (χ1) is 8.86. The van der Waals surface area contributed by atoms with Gasteiger partial charge in [-0.2, -0.15) is 0 Å². The van der Waals surface area contributed by atoms with E-state index in [0.717, 1.165) is 37.6 Å². The fourth-order valence-corrected chi connectivity index (χ4v) is 2.39. The summed E-state index contributed by atoms with van der Waals surface area (Å²) in [7, 11) is 0. The highest BCUT2D eigenvalue weighted by molar-refractivity contribution is 5.50. The summed E-state index contributed by atoms with van der Waals surface area (Å²) < 4.78 is 14.3. The predicted octanol–water partition coefficient (Wildman–Crippen LogP) is 1.43. The number of aromatic nitrogens is 2. The van der Waals surface area contributed by atoms with Gasteiger partial charge in [0.2, 0.25) is 0 Å². The van der Waals surface area contributed by atoms with Crippen molar-refractivity contribution in [1.29, 1.82) is 0 Å². The van der Waals surface area contributed by atoms with Crippen LogP contribution in [0.2, 0.25) is 0 Å². The normalized spacial score (nSPS) is 17.5. The smallest absolute Gasteiger partial charge is 0.147 e. The molecule has 1 aliphatic rings. The van der Waals surface area contributed by atoms with Gasteiger partial charge in [0.25, 0.3) is 0 Å². The van der Waals surface area contributed by atoms with Crippen LogP contribution in [0, 0.1) is 0 Å². The van der Waals surface area contributed by atoms with Gasteiger partial charge in [-0.05, 0) is 12.1 Å². The highest BCUT2D eigenvalue weighted by atomic mass is 19.1. The Hall–Kier alpha value is -1.62. The van der Waals surface area contributed by atoms with Crippen LogP contribution in [-0.2, 0) is 0 Å². The zero-order valence-electron chi connectivity index (χ0n) is 10.3. The molecule has 18 heavy (non-hydrogen) atoms. The standard InChI is InChI=1S/C13H17FN4/c14-4-6-16-7-9-17(10-8-16)13-11-18-5-2-1-3-12(18)15-13/h1-3,5,11H,4,6-10H2. The minimum absolute atomic E-state index is 0.256. The van der Waals surface area contributed by atoms with Crippen LogP contribution >= 0.6 is 0 Å². The Kier molecular flexibility index (Phi) is 3.15. The number of piperazine rings is 1. The third kappa shape index (κ3) is 2.18. The Labute approximate surface area is 106 Å². The molecule has 0 spiro atoms. The van der Waals surface area contributed by atoms with E-state index in [0.29, 0.717) is 6.54 Å². The molecule has 0 radical (unpaired) electrons. The number of hydrogen-bond acceptors (Lipinski definition) is 3. The van der Waals surface area contributed by atoms with Gasteiger partial charge in [-0.15, -0.1) is 0 Å². The molecule has 3 rings (SSSR count). The van der Waals surface area contributed by atoms with E-state index < -0.39 is 0 Å². The number of hydrogen-bond donors (Lipinski definition) is 0. The third-order valence-corrected chi connectivity index (χ3v) is 3.45. The summed E-state index contributed by atoms with van der Waals surface area (Å²) in [5.41, 5.74) is 0.971. The quantitative estimate of drug-likeness (QED) is 0.821. The van der Waals surface area contributed by atoms with Crippen molar-refractivity contribution in [2.24, 2.45) is 0 Å². The zero-order valence-corrected chi connectivity index (χ0v) is 10.3. The van der Waals surface area contributed by atoms with Gasteiger partial charge >= 0.3 is 0 Å². The second-order valence-corrected chi connectivity index (χ2v) is 4.58. The monoisotopic (exact) mass is 248 g/mol. The highest BCUT2D eigenvalue weighted by Crippen LogP contribution is 2.16. The number of alkyl halides is 1. The van der Waals surface area contributed by atoms with Crippen LogP contribution in [0.4, 0.5) is 10.2 Å². The molecule has 1 fully saturated rings. The van der Waals surface area contributed by atoms with Crippen molar-refractivity contribution in [3.8, 4) is 0 Å². The zero-order chi connectivity index (χ0) is 12.4. The Balaban J connectivity index is 1.72. The minimum Gasteiger partial charge on any atom is -0.353 e. The van der Waals surface area contributed by atoms with Crippen LogP contribution in [-0.4, -0.2) is 53.7 Å². The Morgan fingerprint density at radius 1 is 1.17 bits per heavy atom. The summed E-state index contributed by atoms with van der Waals surface area (Å²) >= 11 is 0. The summed E-state index contributed by atoms with van der Waals surface area (Å²) in [6, 6.07) is 5.99. The van der Waals surface area contributed by atoms with E-state index in [4.69, 9.17) is 0 Å². The van der Waals surface area contributed by atoms with Crippen LogP contribution in [0.15, 0.2) is 30.6 Å². The van der Waals surface area contributed by atoms with Gasteiger partial charge in [-0.25, -0.2) is 9.37 Å². The first-order valence-electron chi connectivity index (χ1n) is 6.34. The lowest BCUT2D eigenvalue weighted by Crippen LogP contribution is -2.47. The van der Waals surface area contributed by atoms with Gasteiger partial charge in [0.15, 0.2) is 0 Å². The van der Waals surface area contributed by atoms with Crippen LogP contribution in [0.5, 0.6) is 0 Å². The van der Waals surface area contributed by atoms with E-state index >= 15 is 0 Å². The largest absolute Gasteiger partial charge is 0.353 e. The molecule has 0 amide bonds. The summed E-state index contributed by atoms with van der Waals surface area (Å²) in [6.07, 6.45) is 4.06. The lowest BCUT2D eigenvalue weighted by molar-refractivity contribution is 0.235. The molecule has 0 N–H and O–H groups in total. The van der Waals surface area contributed by atoms with Crippen LogP contribution in [0.3, 0.4) is 0 Å². The fraction of sp³-hybridized carbons (Fsp3) is 0.462. The molecule has 1 saturated heterocycles. The lowest BCUT2D eigenvalue weighted by Gasteiger charge is -2.34. The molecular formula is C13H17FN4. The number of anilines is 1. The number of imidazole rings is 1. The summed E-state index contributed by atoms with van der Waals surface area (Å²) in [4.78, 5) is 9.03. The van der Waals surface area contributed by atoms with Gasteiger partial charge in [-0.1, -0.05) is 6.07 Å². The van der Waals surface area contributed by atoms with Crippen molar-refractivity contribution in [3.63, 3.8) is 0 Å². The Bertz CT molecular complexity index is 483. The van der Waals surface area contributed by atoms with E-state index in [1.165, 1.54) is 0 Å². The molecule has 3 heterocycles. The number of halogens is 1.